The standard InChI is InChI=1S/C24H29Cl2FN6O2/c1-13-4-6-15(7-5-13)28-22(34)16-12-19-21(31-23(16)35-9-8-33(2)3)32-24(29-19)30-20-17(25)10-14(27)11-18(20)26/h10-13,15H,4-9H2,1-3H3,(H,28,34)(H2,29,30,31,32)/t13-,15-. The monoisotopic (exact) mass is 522 g/mol. The molecule has 0 unspecified atom stereocenters. The van der Waals surface area contributed by atoms with E-state index < -0.39 is 5.82 Å². The third-order valence-electron chi connectivity index (χ3n) is 6.06. The number of imidazole rings is 1. The highest BCUT2D eigenvalue weighted by molar-refractivity contribution is 6.39. The van der Waals surface area contributed by atoms with E-state index in [-0.39, 0.29) is 27.9 Å². The molecule has 2 heterocycles. The first kappa shape index (κ1) is 25.5. The van der Waals surface area contributed by atoms with Gasteiger partial charge in [-0.25, -0.2) is 9.37 Å². The molecule has 1 aromatic carbocycles. The van der Waals surface area contributed by atoms with Crippen molar-refractivity contribution < 1.29 is 13.9 Å². The molecule has 8 nitrogen and oxygen atoms in total. The van der Waals surface area contributed by atoms with Crippen molar-refractivity contribution in [1.82, 2.24) is 25.2 Å². The number of nitrogens with zero attached hydrogens (tertiary/aromatic N) is 3. The van der Waals surface area contributed by atoms with Crippen molar-refractivity contribution in [2.24, 2.45) is 5.92 Å². The predicted molar refractivity (Wildman–Crippen MR) is 137 cm³/mol. The van der Waals surface area contributed by atoms with Gasteiger partial charge in [0, 0.05) is 12.6 Å². The van der Waals surface area contributed by atoms with E-state index in [4.69, 9.17) is 27.9 Å². The molecule has 0 spiro atoms. The number of likely N-dealkylation sites (N-methyl/N-ethyl adjacent to an activating group) is 1. The van der Waals surface area contributed by atoms with Crippen LogP contribution in [0.25, 0.3) is 11.2 Å². The lowest BCUT2D eigenvalue weighted by molar-refractivity contribution is 0.0917. The second kappa shape index (κ2) is 11.0. The quantitative estimate of drug-likeness (QED) is 0.366. The van der Waals surface area contributed by atoms with Crippen LogP contribution in [0.3, 0.4) is 0 Å². The van der Waals surface area contributed by atoms with E-state index in [9.17, 15) is 9.18 Å². The van der Waals surface area contributed by atoms with E-state index in [0.717, 1.165) is 37.8 Å². The maximum absolute atomic E-state index is 13.5. The van der Waals surface area contributed by atoms with Gasteiger partial charge in [0.1, 0.15) is 23.5 Å². The molecule has 4 rings (SSSR count). The number of rotatable bonds is 8. The molecule has 188 valence electrons. The highest BCUT2D eigenvalue weighted by Crippen LogP contribution is 2.34. The maximum Gasteiger partial charge on any atom is 0.257 e. The number of benzene rings is 1. The maximum atomic E-state index is 13.5. The Hall–Kier alpha value is -2.62. The highest BCUT2D eigenvalue weighted by atomic mass is 35.5. The molecule has 0 radical (unpaired) electrons. The Morgan fingerprint density at radius 1 is 1.17 bits per heavy atom. The number of H-pyrrole nitrogens is 1. The minimum absolute atomic E-state index is 0.109. The molecule has 1 amide bonds. The first-order valence-corrected chi connectivity index (χ1v) is 12.4. The number of fused-ring (bicyclic) bond motifs is 1. The average Bonchev–Trinajstić information content (AvgIpc) is 3.18. The third-order valence-corrected chi connectivity index (χ3v) is 6.66. The number of hydrogen-bond acceptors (Lipinski definition) is 6. The molecule has 1 saturated carbocycles. The van der Waals surface area contributed by atoms with Crippen LogP contribution < -0.4 is 15.4 Å². The van der Waals surface area contributed by atoms with Crippen LogP contribution in [0.15, 0.2) is 18.2 Å². The largest absolute Gasteiger partial charge is 0.476 e. The number of aromatic amines is 1. The number of nitrogens with one attached hydrogen (secondary N) is 3. The molecular weight excluding hydrogens is 494 g/mol. The summed E-state index contributed by atoms with van der Waals surface area (Å²) in [5, 5.41) is 6.32. The smallest absolute Gasteiger partial charge is 0.257 e. The van der Waals surface area contributed by atoms with Gasteiger partial charge in [-0.1, -0.05) is 30.1 Å². The van der Waals surface area contributed by atoms with E-state index in [1.807, 2.05) is 19.0 Å². The normalized spacial score (nSPS) is 18.1. The summed E-state index contributed by atoms with van der Waals surface area (Å²) >= 11 is 12.3. The number of halogens is 3. The van der Waals surface area contributed by atoms with Crippen molar-refractivity contribution in [3.8, 4) is 5.88 Å². The van der Waals surface area contributed by atoms with Crippen molar-refractivity contribution in [2.45, 2.75) is 38.6 Å². The molecule has 1 aliphatic carbocycles. The van der Waals surface area contributed by atoms with Crippen LogP contribution in [0.1, 0.15) is 43.0 Å². The summed E-state index contributed by atoms with van der Waals surface area (Å²) in [6, 6.07) is 4.09. The van der Waals surface area contributed by atoms with Crippen LogP contribution in [0, 0.1) is 11.7 Å². The molecule has 0 bridgehead atoms. The Labute approximate surface area is 213 Å². The number of pyridine rings is 1. The van der Waals surface area contributed by atoms with Crippen molar-refractivity contribution in [3.05, 3.63) is 39.6 Å². The Morgan fingerprint density at radius 3 is 2.51 bits per heavy atom. The van der Waals surface area contributed by atoms with E-state index in [0.29, 0.717) is 47.4 Å². The van der Waals surface area contributed by atoms with Gasteiger partial charge in [0.05, 0.1) is 15.7 Å². The van der Waals surface area contributed by atoms with E-state index in [2.05, 4.69) is 32.5 Å². The second-order valence-electron chi connectivity index (χ2n) is 9.25. The molecule has 2 aromatic heterocycles. The third kappa shape index (κ3) is 6.34. The highest BCUT2D eigenvalue weighted by Gasteiger charge is 2.24. The number of aromatic nitrogens is 3. The number of ether oxygens (including phenoxy) is 1. The van der Waals surface area contributed by atoms with Crippen molar-refractivity contribution in [2.75, 3.05) is 32.6 Å². The lowest BCUT2D eigenvalue weighted by Crippen LogP contribution is -2.37. The lowest BCUT2D eigenvalue weighted by Gasteiger charge is -2.27. The molecule has 0 saturated heterocycles. The SMILES string of the molecule is CN(C)CCOc1nc2[nH]c(Nc3c(Cl)cc(F)cc3Cl)nc2cc1C(=O)N[C@H]1CC[C@H](C)CC1. The van der Waals surface area contributed by atoms with Gasteiger partial charge in [0.25, 0.3) is 5.91 Å². The second-order valence-corrected chi connectivity index (χ2v) is 10.1. The Kier molecular flexibility index (Phi) is 7.98. The van der Waals surface area contributed by atoms with Crippen LogP contribution in [0.4, 0.5) is 16.0 Å². The molecule has 1 aliphatic rings. The first-order valence-electron chi connectivity index (χ1n) is 11.6. The minimum Gasteiger partial charge on any atom is -0.476 e. The van der Waals surface area contributed by atoms with Crippen molar-refractivity contribution >= 4 is 51.9 Å². The van der Waals surface area contributed by atoms with Gasteiger partial charge in [-0.05, 0) is 63.9 Å². The molecule has 3 N–H and O–H groups in total. The van der Waals surface area contributed by atoms with Gasteiger partial charge in [-0.2, -0.15) is 4.98 Å². The number of amides is 1. The Bertz CT molecular complexity index is 1190. The summed E-state index contributed by atoms with van der Waals surface area (Å²) in [4.78, 5) is 27.2. The van der Waals surface area contributed by atoms with Gasteiger partial charge in [0.15, 0.2) is 5.65 Å². The Balaban J connectivity index is 1.61. The fraction of sp³-hybridized carbons (Fsp3) is 0.458. The van der Waals surface area contributed by atoms with E-state index in [1.54, 1.807) is 6.07 Å². The van der Waals surface area contributed by atoms with Crippen LogP contribution in [-0.4, -0.2) is 59.0 Å². The van der Waals surface area contributed by atoms with E-state index >= 15 is 0 Å². The zero-order valence-electron chi connectivity index (χ0n) is 19.9. The predicted octanol–water partition coefficient (Wildman–Crippen LogP) is 5.40. The van der Waals surface area contributed by atoms with Gasteiger partial charge in [-0.3, -0.25) is 4.79 Å². The molecule has 11 heteroatoms. The van der Waals surface area contributed by atoms with Crippen molar-refractivity contribution in [1.29, 1.82) is 0 Å². The summed E-state index contributed by atoms with van der Waals surface area (Å²) in [6.45, 7) is 3.27. The number of hydrogen-bond donors (Lipinski definition) is 3. The summed E-state index contributed by atoms with van der Waals surface area (Å²) < 4.78 is 19.4. The van der Waals surface area contributed by atoms with Gasteiger partial charge >= 0.3 is 0 Å². The summed E-state index contributed by atoms with van der Waals surface area (Å²) in [7, 11) is 3.88. The zero-order chi connectivity index (χ0) is 25.1. The number of carbonyl (C=O) groups is 1. The summed E-state index contributed by atoms with van der Waals surface area (Å²) in [5.41, 5.74) is 1.51. The lowest BCUT2D eigenvalue weighted by atomic mass is 9.87. The molecule has 1 fully saturated rings. The van der Waals surface area contributed by atoms with Crippen LogP contribution >= 0.6 is 23.2 Å². The van der Waals surface area contributed by atoms with Crippen molar-refractivity contribution in [3.63, 3.8) is 0 Å². The molecule has 3 aromatic rings. The summed E-state index contributed by atoms with van der Waals surface area (Å²) in [5.74, 6) is 0.430. The fourth-order valence-corrected chi connectivity index (χ4v) is 4.58. The molecule has 0 atom stereocenters. The zero-order valence-corrected chi connectivity index (χ0v) is 21.4. The topological polar surface area (TPSA) is 95.2 Å². The van der Waals surface area contributed by atoms with Gasteiger partial charge in [0.2, 0.25) is 11.8 Å². The van der Waals surface area contributed by atoms with E-state index in [1.165, 1.54) is 0 Å². The van der Waals surface area contributed by atoms with Gasteiger partial charge < -0.3 is 25.3 Å². The minimum atomic E-state index is -0.542. The average molecular weight is 523 g/mol. The number of carbonyl (C=O) groups excluding carboxylic acids is 1. The number of anilines is 2. The summed E-state index contributed by atoms with van der Waals surface area (Å²) in [6.07, 6.45) is 4.10. The van der Waals surface area contributed by atoms with Crippen LogP contribution in [-0.2, 0) is 0 Å². The molecule has 35 heavy (non-hydrogen) atoms. The van der Waals surface area contributed by atoms with Crippen LogP contribution in [0.2, 0.25) is 10.0 Å². The molecular formula is C24H29Cl2FN6O2. The first-order chi connectivity index (χ1) is 16.7. The fourth-order valence-electron chi connectivity index (χ4n) is 4.03. The Morgan fingerprint density at radius 2 is 1.86 bits per heavy atom. The van der Waals surface area contributed by atoms with Crippen LogP contribution in [0.5, 0.6) is 5.88 Å². The van der Waals surface area contributed by atoms with Gasteiger partial charge in [-0.15, -0.1) is 0 Å². The molecule has 0 aliphatic heterocycles.